The summed E-state index contributed by atoms with van der Waals surface area (Å²) < 4.78 is 5.31. The van der Waals surface area contributed by atoms with Crippen LogP contribution in [-0.4, -0.2) is 23.4 Å². The molecule has 0 fully saturated rings. The van der Waals surface area contributed by atoms with Gasteiger partial charge in [-0.1, -0.05) is 12.1 Å². The van der Waals surface area contributed by atoms with E-state index >= 15 is 0 Å². The van der Waals surface area contributed by atoms with Gasteiger partial charge in [-0.3, -0.25) is 14.6 Å². The molecule has 1 aromatic heterocycles. The van der Waals surface area contributed by atoms with Gasteiger partial charge >= 0.3 is 0 Å². The van der Waals surface area contributed by atoms with Crippen molar-refractivity contribution < 1.29 is 14.3 Å². The van der Waals surface area contributed by atoms with Crippen LogP contribution in [-0.2, 0) is 4.79 Å². The van der Waals surface area contributed by atoms with Crippen LogP contribution in [0.4, 0.5) is 5.69 Å². The summed E-state index contributed by atoms with van der Waals surface area (Å²) in [6, 6.07) is 10.4. The predicted octanol–water partition coefficient (Wildman–Crippen LogP) is 1.90. The van der Waals surface area contributed by atoms with Gasteiger partial charge in [0, 0.05) is 6.20 Å². The number of carbonyl (C=O) groups is 2. The Morgan fingerprint density at radius 2 is 2.23 bits per heavy atom. The van der Waals surface area contributed by atoms with Crippen molar-refractivity contribution in [1.29, 1.82) is 0 Å². The lowest BCUT2D eigenvalue weighted by Crippen LogP contribution is -2.28. The van der Waals surface area contributed by atoms with E-state index in [2.05, 4.69) is 15.6 Å². The van der Waals surface area contributed by atoms with Crippen LogP contribution in [0, 0.1) is 0 Å². The summed E-state index contributed by atoms with van der Waals surface area (Å²) in [5, 5.41) is 5.63. The van der Waals surface area contributed by atoms with Gasteiger partial charge in [0.2, 0.25) is 0 Å². The van der Waals surface area contributed by atoms with Gasteiger partial charge in [0.25, 0.3) is 11.8 Å². The number of fused-ring (bicyclic) bond motifs is 1. The largest absolute Gasteiger partial charge is 0.482 e. The van der Waals surface area contributed by atoms with Crippen LogP contribution in [0.3, 0.4) is 0 Å². The summed E-state index contributed by atoms with van der Waals surface area (Å²) in [6.07, 6.45) is 1.57. The molecule has 1 aliphatic rings. The van der Waals surface area contributed by atoms with E-state index in [-0.39, 0.29) is 24.5 Å². The van der Waals surface area contributed by atoms with E-state index in [4.69, 9.17) is 4.74 Å². The number of benzene rings is 1. The van der Waals surface area contributed by atoms with Crippen LogP contribution in [0.25, 0.3) is 0 Å². The fraction of sp³-hybridized carbons (Fsp3) is 0.188. The minimum atomic E-state index is -0.244. The number of amides is 2. The fourth-order valence-corrected chi connectivity index (χ4v) is 2.22. The highest BCUT2D eigenvalue weighted by molar-refractivity contribution is 5.95. The summed E-state index contributed by atoms with van der Waals surface area (Å²) in [5.74, 6) is 0.201. The number of nitrogens with one attached hydrogen (secondary N) is 2. The maximum absolute atomic E-state index is 12.1. The van der Waals surface area contributed by atoms with Crippen molar-refractivity contribution in [2.75, 3.05) is 11.9 Å². The van der Waals surface area contributed by atoms with Crippen molar-refractivity contribution in [3.8, 4) is 5.75 Å². The monoisotopic (exact) mass is 297 g/mol. The molecule has 1 atom stereocenters. The third-order valence-corrected chi connectivity index (χ3v) is 3.38. The summed E-state index contributed by atoms with van der Waals surface area (Å²) >= 11 is 0. The normalized spacial score (nSPS) is 14.3. The molecule has 6 nitrogen and oxygen atoms in total. The number of nitrogens with zero attached hydrogens (tertiary/aromatic N) is 1. The lowest BCUT2D eigenvalue weighted by Gasteiger charge is -2.20. The van der Waals surface area contributed by atoms with Gasteiger partial charge in [-0.15, -0.1) is 0 Å². The van der Waals surface area contributed by atoms with Crippen molar-refractivity contribution in [3.63, 3.8) is 0 Å². The van der Waals surface area contributed by atoms with E-state index in [1.807, 2.05) is 13.0 Å². The fourth-order valence-electron chi connectivity index (χ4n) is 2.22. The molecule has 2 amide bonds. The first-order chi connectivity index (χ1) is 10.6. The second-order valence-electron chi connectivity index (χ2n) is 5.00. The zero-order valence-electron chi connectivity index (χ0n) is 12.0. The summed E-state index contributed by atoms with van der Waals surface area (Å²) in [4.78, 5) is 27.5. The first-order valence-corrected chi connectivity index (χ1v) is 6.92. The molecular weight excluding hydrogens is 282 g/mol. The number of aromatic nitrogens is 1. The number of rotatable bonds is 3. The van der Waals surface area contributed by atoms with Crippen LogP contribution < -0.4 is 15.4 Å². The Hall–Kier alpha value is -2.89. The molecule has 1 aliphatic heterocycles. The number of hydrogen-bond acceptors (Lipinski definition) is 4. The Bertz CT molecular complexity index is 716. The number of anilines is 1. The average Bonchev–Trinajstić information content (AvgIpc) is 2.54. The number of ether oxygens (including phenoxy) is 1. The van der Waals surface area contributed by atoms with Crippen LogP contribution in [0.2, 0.25) is 0 Å². The van der Waals surface area contributed by atoms with E-state index in [1.165, 1.54) is 0 Å². The first kappa shape index (κ1) is 14.1. The molecule has 6 heteroatoms. The molecule has 1 aromatic carbocycles. The minimum absolute atomic E-state index is 0.0261. The second-order valence-corrected chi connectivity index (χ2v) is 5.00. The highest BCUT2D eigenvalue weighted by atomic mass is 16.5. The van der Waals surface area contributed by atoms with Crippen LogP contribution in [0.1, 0.15) is 29.0 Å². The average molecular weight is 297 g/mol. The molecule has 2 N–H and O–H groups in total. The number of pyridine rings is 1. The van der Waals surface area contributed by atoms with Gasteiger partial charge in [-0.05, 0) is 36.8 Å². The van der Waals surface area contributed by atoms with Gasteiger partial charge in [0.15, 0.2) is 6.61 Å². The van der Waals surface area contributed by atoms with E-state index < -0.39 is 0 Å². The summed E-state index contributed by atoms with van der Waals surface area (Å²) in [6.45, 7) is 1.90. The molecule has 0 saturated heterocycles. The molecule has 2 aromatic rings. The Morgan fingerprint density at radius 1 is 1.36 bits per heavy atom. The highest BCUT2D eigenvalue weighted by Gasteiger charge is 2.18. The number of hydrogen-bond donors (Lipinski definition) is 2. The number of carbonyl (C=O) groups excluding carboxylic acids is 2. The molecule has 0 radical (unpaired) electrons. The lowest BCUT2D eigenvalue weighted by atomic mass is 10.1. The zero-order chi connectivity index (χ0) is 15.5. The van der Waals surface area contributed by atoms with Gasteiger partial charge < -0.3 is 15.4 Å². The molecule has 2 heterocycles. The van der Waals surface area contributed by atoms with E-state index in [1.54, 1.807) is 36.5 Å². The first-order valence-electron chi connectivity index (χ1n) is 6.92. The Balaban J connectivity index is 1.75. The van der Waals surface area contributed by atoms with Crippen molar-refractivity contribution >= 4 is 17.5 Å². The van der Waals surface area contributed by atoms with Gasteiger partial charge in [0.1, 0.15) is 11.4 Å². The predicted molar refractivity (Wildman–Crippen MR) is 80.7 cm³/mol. The standard InChI is InChI=1S/C16H15N3O3/c1-10(18-16(21)12-4-2-3-7-17-12)11-5-6-14-13(8-11)19-15(20)9-22-14/h2-8,10H,9H2,1H3,(H,18,21)(H,19,20). The SMILES string of the molecule is CC(NC(=O)c1ccccn1)c1ccc2c(c1)NC(=O)CO2. The Kier molecular flexibility index (Phi) is 3.74. The van der Waals surface area contributed by atoms with Gasteiger partial charge in [-0.2, -0.15) is 0 Å². The second kappa shape index (κ2) is 5.85. The molecule has 1 unspecified atom stereocenters. The smallest absolute Gasteiger partial charge is 0.270 e. The minimum Gasteiger partial charge on any atom is -0.482 e. The molecule has 0 aliphatic carbocycles. The summed E-state index contributed by atoms with van der Waals surface area (Å²) in [7, 11) is 0. The van der Waals surface area contributed by atoms with Gasteiger partial charge in [-0.25, -0.2) is 0 Å². The molecular formula is C16H15N3O3. The van der Waals surface area contributed by atoms with Crippen molar-refractivity contribution in [3.05, 3.63) is 53.9 Å². The van der Waals surface area contributed by atoms with Crippen molar-refractivity contribution in [1.82, 2.24) is 10.3 Å². The third-order valence-electron chi connectivity index (χ3n) is 3.38. The van der Waals surface area contributed by atoms with Crippen LogP contribution >= 0.6 is 0 Å². The maximum Gasteiger partial charge on any atom is 0.270 e. The van der Waals surface area contributed by atoms with E-state index in [0.717, 1.165) is 5.56 Å². The molecule has 112 valence electrons. The quantitative estimate of drug-likeness (QED) is 0.906. The van der Waals surface area contributed by atoms with Crippen LogP contribution in [0.5, 0.6) is 5.75 Å². The maximum atomic E-state index is 12.1. The topological polar surface area (TPSA) is 80.3 Å². The Morgan fingerprint density at radius 3 is 3.00 bits per heavy atom. The Labute approximate surface area is 127 Å². The molecule has 22 heavy (non-hydrogen) atoms. The van der Waals surface area contributed by atoms with E-state index in [0.29, 0.717) is 17.1 Å². The van der Waals surface area contributed by atoms with Crippen LogP contribution in [0.15, 0.2) is 42.6 Å². The highest BCUT2D eigenvalue weighted by Crippen LogP contribution is 2.30. The molecule has 0 saturated carbocycles. The lowest BCUT2D eigenvalue weighted by molar-refractivity contribution is -0.118. The molecule has 3 rings (SSSR count). The van der Waals surface area contributed by atoms with E-state index in [9.17, 15) is 9.59 Å². The molecule has 0 spiro atoms. The zero-order valence-corrected chi connectivity index (χ0v) is 12.0. The van der Waals surface area contributed by atoms with Crippen molar-refractivity contribution in [2.45, 2.75) is 13.0 Å². The third kappa shape index (κ3) is 2.90. The molecule has 0 bridgehead atoms. The summed E-state index contributed by atoms with van der Waals surface area (Å²) in [5.41, 5.74) is 1.85. The van der Waals surface area contributed by atoms with Gasteiger partial charge in [0.05, 0.1) is 11.7 Å². The van der Waals surface area contributed by atoms with Crippen molar-refractivity contribution in [2.24, 2.45) is 0 Å².